The summed E-state index contributed by atoms with van der Waals surface area (Å²) in [6.45, 7) is 2.23. The SMILES string of the molecule is CCc1ccc2c(c1)sc(/C=C1/C=C3C=C(/C=C4\Sc5cc(OC)ccc5N4C)CCC3CC1)[n+]2C. The molecule has 0 amide bonds. The van der Waals surface area contributed by atoms with Gasteiger partial charge in [-0.05, 0) is 90.6 Å². The van der Waals surface area contributed by atoms with Gasteiger partial charge in [0.1, 0.15) is 17.5 Å². The minimum atomic E-state index is 0.697. The summed E-state index contributed by atoms with van der Waals surface area (Å²) in [6, 6.07) is 13.2. The van der Waals surface area contributed by atoms with E-state index in [9.17, 15) is 0 Å². The van der Waals surface area contributed by atoms with Crippen molar-refractivity contribution in [2.45, 2.75) is 43.9 Å². The molecule has 0 spiro atoms. The number of rotatable bonds is 4. The molecule has 0 bridgehead atoms. The van der Waals surface area contributed by atoms with Gasteiger partial charge in [-0.3, -0.25) is 0 Å². The number of methoxy groups -OCH3 is 1. The van der Waals surface area contributed by atoms with Gasteiger partial charge in [0.15, 0.2) is 0 Å². The highest BCUT2D eigenvalue weighted by molar-refractivity contribution is 8.03. The lowest BCUT2D eigenvalue weighted by molar-refractivity contribution is -0.642. The van der Waals surface area contributed by atoms with E-state index in [0.717, 1.165) is 18.6 Å². The van der Waals surface area contributed by atoms with Crippen molar-refractivity contribution in [1.82, 2.24) is 0 Å². The number of anilines is 1. The average molecular weight is 514 g/mol. The Bertz CT molecular complexity index is 1470. The summed E-state index contributed by atoms with van der Waals surface area (Å²) in [5.74, 6) is 1.61. The van der Waals surface area contributed by atoms with E-state index in [4.69, 9.17) is 4.74 Å². The van der Waals surface area contributed by atoms with Crippen LogP contribution < -0.4 is 14.2 Å². The van der Waals surface area contributed by atoms with E-state index in [-0.39, 0.29) is 0 Å². The molecule has 2 aromatic carbocycles. The van der Waals surface area contributed by atoms with Gasteiger partial charge in [0.25, 0.3) is 5.01 Å². The Morgan fingerprint density at radius 1 is 1.08 bits per heavy atom. The fourth-order valence-electron chi connectivity index (χ4n) is 5.52. The predicted octanol–water partition coefficient (Wildman–Crippen LogP) is 7.82. The highest BCUT2D eigenvalue weighted by Gasteiger charge is 2.26. The van der Waals surface area contributed by atoms with Crippen molar-refractivity contribution in [3.63, 3.8) is 0 Å². The average Bonchev–Trinajstić information content (AvgIpc) is 3.38. The molecule has 0 radical (unpaired) electrons. The van der Waals surface area contributed by atoms with Gasteiger partial charge in [0.2, 0.25) is 5.52 Å². The third kappa shape index (κ3) is 4.33. The molecular weight excluding hydrogens is 480 g/mol. The monoisotopic (exact) mass is 513 g/mol. The van der Waals surface area contributed by atoms with Gasteiger partial charge in [-0.15, -0.1) is 0 Å². The molecule has 0 saturated carbocycles. The summed E-state index contributed by atoms with van der Waals surface area (Å²) >= 11 is 3.75. The highest BCUT2D eigenvalue weighted by atomic mass is 32.2. The number of thioether (sulfide) groups is 1. The molecule has 0 fully saturated rings. The van der Waals surface area contributed by atoms with E-state index in [1.54, 1.807) is 7.11 Å². The topological polar surface area (TPSA) is 16.4 Å². The second-order valence-electron chi connectivity index (χ2n) is 9.99. The third-order valence-corrected chi connectivity index (χ3v) is 10.1. The maximum atomic E-state index is 5.43. The van der Waals surface area contributed by atoms with Crippen molar-refractivity contribution in [2.75, 3.05) is 19.1 Å². The second kappa shape index (κ2) is 9.60. The lowest BCUT2D eigenvalue weighted by atomic mass is 9.77. The molecule has 1 unspecified atom stereocenters. The maximum Gasteiger partial charge on any atom is 0.262 e. The summed E-state index contributed by atoms with van der Waals surface area (Å²) in [4.78, 5) is 3.57. The van der Waals surface area contributed by atoms with Crippen LogP contribution in [0.5, 0.6) is 5.75 Å². The van der Waals surface area contributed by atoms with Crippen LogP contribution in [-0.2, 0) is 13.5 Å². The van der Waals surface area contributed by atoms with Crippen molar-refractivity contribution >= 4 is 45.1 Å². The van der Waals surface area contributed by atoms with Crippen LogP contribution in [0.25, 0.3) is 16.3 Å². The predicted molar refractivity (Wildman–Crippen MR) is 154 cm³/mol. The quantitative estimate of drug-likeness (QED) is 0.331. The van der Waals surface area contributed by atoms with E-state index in [1.807, 2.05) is 29.2 Å². The zero-order valence-corrected chi connectivity index (χ0v) is 23.1. The second-order valence-corrected chi connectivity index (χ2v) is 12.1. The Labute approximate surface area is 222 Å². The fraction of sp³-hybridized carbons (Fsp3) is 0.323. The van der Waals surface area contributed by atoms with E-state index in [0.29, 0.717) is 5.92 Å². The first-order valence-corrected chi connectivity index (χ1v) is 14.5. The number of aryl methyl sites for hydroxylation is 2. The van der Waals surface area contributed by atoms with Crippen LogP contribution in [0.1, 0.15) is 43.2 Å². The molecule has 6 rings (SSSR count). The molecule has 36 heavy (non-hydrogen) atoms. The molecular formula is C31H33N2OS2+. The fourth-order valence-corrected chi connectivity index (χ4v) is 7.87. The minimum Gasteiger partial charge on any atom is -0.497 e. The molecule has 1 atom stereocenters. The highest BCUT2D eigenvalue weighted by Crippen LogP contribution is 2.47. The van der Waals surface area contributed by atoms with Crippen LogP contribution in [0.3, 0.4) is 0 Å². The molecule has 1 aromatic heterocycles. The molecule has 0 saturated heterocycles. The normalized spacial score (nSPS) is 21.6. The molecule has 3 aromatic rings. The summed E-state index contributed by atoms with van der Waals surface area (Å²) in [5.41, 5.74) is 8.39. The van der Waals surface area contributed by atoms with Crippen LogP contribution in [0, 0.1) is 5.92 Å². The first-order valence-electron chi connectivity index (χ1n) is 12.9. The van der Waals surface area contributed by atoms with E-state index >= 15 is 0 Å². The smallest absolute Gasteiger partial charge is 0.262 e. The van der Waals surface area contributed by atoms with Gasteiger partial charge in [-0.1, -0.05) is 48.2 Å². The first kappa shape index (κ1) is 23.6. The Kier molecular flexibility index (Phi) is 6.30. The number of allylic oxidation sites excluding steroid dienone is 6. The van der Waals surface area contributed by atoms with Crippen molar-refractivity contribution in [3.8, 4) is 5.75 Å². The summed E-state index contributed by atoms with van der Waals surface area (Å²) in [7, 11) is 6.09. The van der Waals surface area contributed by atoms with Gasteiger partial charge in [0.05, 0.1) is 17.8 Å². The molecule has 184 valence electrons. The van der Waals surface area contributed by atoms with Crippen molar-refractivity contribution in [1.29, 1.82) is 0 Å². The van der Waals surface area contributed by atoms with E-state index in [2.05, 4.69) is 85.1 Å². The third-order valence-electron chi connectivity index (χ3n) is 7.77. The maximum absolute atomic E-state index is 5.43. The van der Waals surface area contributed by atoms with Crippen LogP contribution in [-0.4, -0.2) is 14.2 Å². The van der Waals surface area contributed by atoms with Crippen LogP contribution >= 0.6 is 23.1 Å². The van der Waals surface area contributed by atoms with Crippen LogP contribution in [0.15, 0.2) is 81.3 Å². The van der Waals surface area contributed by atoms with Gasteiger partial charge in [-0.2, -0.15) is 4.57 Å². The van der Waals surface area contributed by atoms with Crippen molar-refractivity contribution in [3.05, 3.63) is 86.9 Å². The summed E-state index contributed by atoms with van der Waals surface area (Å²) in [5, 5.41) is 2.63. The lowest BCUT2D eigenvalue weighted by Gasteiger charge is -2.28. The van der Waals surface area contributed by atoms with E-state index < -0.39 is 0 Å². The molecule has 1 aliphatic heterocycles. The van der Waals surface area contributed by atoms with Gasteiger partial charge >= 0.3 is 0 Å². The van der Waals surface area contributed by atoms with Gasteiger partial charge in [-0.25, -0.2) is 0 Å². The number of ether oxygens (including phenoxy) is 1. The lowest BCUT2D eigenvalue weighted by Crippen LogP contribution is -2.29. The van der Waals surface area contributed by atoms with Crippen molar-refractivity contribution < 1.29 is 9.30 Å². The number of fused-ring (bicyclic) bond motifs is 3. The Morgan fingerprint density at radius 2 is 1.94 bits per heavy atom. The molecule has 2 aliphatic carbocycles. The Balaban J connectivity index is 1.28. The van der Waals surface area contributed by atoms with Crippen LogP contribution in [0.2, 0.25) is 0 Å². The van der Waals surface area contributed by atoms with Gasteiger partial charge in [0, 0.05) is 24.1 Å². The molecule has 2 heterocycles. The largest absolute Gasteiger partial charge is 0.497 e. The minimum absolute atomic E-state index is 0.697. The Hall–Kier alpha value is -2.76. The summed E-state index contributed by atoms with van der Waals surface area (Å²) < 4.78 is 9.16. The van der Waals surface area contributed by atoms with E-state index in [1.165, 1.54) is 72.4 Å². The molecule has 3 nitrogen and oxygen atoms in total. The molecule has 5 heteroatoms. The Morgan fingerprint density at radius 3 is 2.78 bits per heavy atom. The molecule has 0 N–H and O–H groups in total. The van der Waals surface area contributed by atoms with Crippen LogP contribution in [0.4, 0.5) is 5.69 Å². The number of thiazole rings is 1. The number of aromatic nitrogens is 1. The van der Waals surface area contributed by atoms with Crippen molar-refractivity contribution in [2.24, 2.45) is 13.0 Å². The number of benzene rings is 2. The zero-order chi connectivity index (χ0) is 24.8. The number of nitrogens with zero attached hydrogens (tertiary/aromatic N) is 2. The number of hydrogen-bond donors (Lipinski definition) is 0. The zero-order valence-electron chi connectivity index (χ0n) is 21.5. The summed E-state index contributed by atoms with van der Waals surface area (Å²) in [6.07, 6.45) is 15.7. The van der Waals surface area contributed by atoms with Gasteiger partial charge < -0.3 is 9.64 Å². The molecule has 3 aliphatic rings. The standard InChI is InChI=1S/C31H33N2OS2/c1-5-20-8-12-26-28(16-20)35-30(32(26)2)17-21-6-9-23-10-7-22(15-24(23)14-21)18-31-33(3)27-13-11-25(34-4)19-29(27)36-31/h8,11-19,23H,5-7,9-10H2,1-4H3/q+1. The first-order chi connectivity index (χ1) is 17.5. The number of hydrogen-bond acceptors (Lipinski definition) is 4.